The standard InChI is InChI=1S/C16H17N3OS/c1-10-9-20-16(18-10)13-5-4-6-14(7-13)17-8-15-19-11(2)12(3)21-15/h4-7,9,17H,8H2,1-3H3. The van der Waals surface area contributed by atoms with Crippen LogP contribution in [0.5, 0.6) is 0 Å². The van der Waals surface area contributed by atoms with Crippen LogP contribution in [0, 0.1) is 20.8 Å². The van der Waals surface area contributed by atoms with E-state index in [4.69, 9.17) is 4.42 Å². The van der Waals surface area contributed by atoms with Crippen molar-refractivity contribution in [2.45, 2.75) is 27.3 Å². The summed E-state index contributed by atoms with van der Waals surface area (Å²) in [4.78, 5) is 10.2. The van der Waals surface area contributed by atoms with Crippen molar-refractivity contribution in [2.75, 3.05) is 5.32 Å². The van der Waals surface area contributed by atoms with Gasteiger partial charge < -0.3 is 9.73 Å². The first-order chi connectivity index (χ1) is 10.1. The maximum absolute atomic E-state index is 5.44. The van der Waals surface area contributed by atoms with Crippen LogP contribution in [0.15, 0.2) is 34.9 Å². The molecule has 0 bridgehead atoms. The van der Waals surface area contributed by atoms with E-state index in [9.17, 15) is 0 Å². The molecule has 0 aliphatic rings. The molecule has 5 heteroatoms. The van der Waals surface area contributed by atoms with Gasteiger partial charge in [0.15, 0.2) is 0 Å². The van der Waals surface area contributed by atoms with Gasteiger partial charge in [0.1, 0.15) is 11.3 Å². The van der Waals surface area contributed by atoms with Gasteiger partial charge in [-0.05, 0) is 39.0 Å². The SMILES string of the molecule is Cc1coc(-c2cccc(NCc3nc(C)c(C)s3)c2)n1. The summed E-state index contributed by atoms with van der Waals surface area (Å²) in [6.45, 7) is 6.79. The molecule has 1 N–H and O–H groups in total. The van der Waals surface area contributed by atoms with E-state index < -0.39 is 0 Å². The summed E-state index contributed by atoms with van der Waals surface area (Å²) in [6.07, 6.45) is 1.66. The molecular formula is C16H17N3OS. The molecule has 0 aliphatic carbocycles. The van der Waals surface area contributed by atoms with E-state index in [-0.39, 0.29) is 0 Å². The zero-order valence-electron chi connectivity index (χ0n) is 12.3. The van der Waals surface area contributed by atoms with E-state index in [0.717, 1.165) is 34.2 Å². The highest BCUT2D eigenvalue weighted by molar-refractivity contribution is 7.11. The molecule has 0 spiro atoms. The zero-order chi connectivity index (χ0) is 14.8. The third-order valence-corrected chi connectivity index (χ3v) is 4.32. The number of rotatable bonds is 4. The fraction of sp³-hybridized carbons (Fsp3) is 0.250. The molecule has 2 aromatic heterocycles. The van der Waals surface area contributed by atoms with Crippen LogP contribution in [-0.4, -0.2) is 9.97 Å². The second kappa shape index (κ2) is 5.69. The van der Waals surface area contributed by atoms with Crippen LogP contribution in [-0.2, 0) is 6.54 Å². The Morgan fingerprint density at radius 3 is 2.71 bits per heavy atom. The Morgan fingerprint density at radius 2 is 2.05 bits per heavy atom. The lowest BCUT2D eigenvalue weighted by Crippen LogP contribution is -1.99. The summed E-state index contributed by atoms with van der Waals surface area (Å²) in [6, 6.07) is 8.06. The van der Waals surface area contributed by atoms with Crippen LogP contribution < -0.4 is 5.32 Å². The number of oxazole rings is 1. The van der Waals surface area contributed by atoms with E-state index in [1.54, 1.807) is 17.6 Å². The number of hydrogen-bond acceptors (Lipinski definition) is 5. The molecule has 1 aromatic carbocycles. The lowest BCUT2D eigenvalue weighted by atomic mass is 10.2. The fourth-order valence-corrected chi connectivity index (χ4v) is 2.91. The van der Waals surface area contributed by atoms with Crippen molar-refractivity contribution in [1.82, 2.24) is 9.97 Å². The Balaban J connectivity index is 1.74. The topological polar surface area (TPSA) is 51.0 Å². The van der Waals surface area contributed by atoms with E-state index in [1.165, 1.54) is 4.88 Å². The van der Waals surface area contributed by atoms with Crippen molar-refractivity contribution in [2.24, 2.45) is 0 Å². The normalized spacial score (nSPS) is 10.8. The third kappa shape index (κ3) is 3.13. The Kier molecular flexibility index (Phi) is 3.75. The first-order valence-corrected chi connectivity index (χ1v) is 7.63. The van der Waals surface area contributed by atoms with Crippen molar-refractivity contribution < 1.29 is 4.42 Å². The molecular weight excluding hydrogens is 282 g/mol. The molecule has 108 valence electrons. The van der Waals surface area contributed by atoms with Gasteiger partial charge in [-0.2, -0.15) is 0 Å². The van der Waals surface area contributed by atoms with E-state index in [2.05, 4.69) is 22.2 Å². The van der Waals surface area contributed by atoms with Gasteiger partial charge >= 0.3 is 0 Å². The predicted molar refractivity (Wildman–Crippen MR) is 85.6 cm³/mol. The Bertz CT molecular complexity index is 741. The van der Waals surface area contributed by atoms with Crippen LogP contribution >= 0.6 is 11.3 Å². The zero-order valence-corrected chi connectivity index (χ0v) is 13.1. The van der Waals surface area contributed by atoms with E-state index >= 15 is 0 Å². The molecule has 4 nitrogen and oxygen atoms in total. The van der Waals surface area contributed by atoms with Crippen molar-refractivity contribution in [1.29, 1.82) is 0 Å². The van der Waals surface area contributed by atoms with Gasteiger partial charge in [-0.3, -0.25) is 0 Å². The van der Waals surface area contributed by atoms with Gasteiger partial charge in [-0.15, -0.1) is 11.3 Å². The molecule has 0 unspecified atom stereocenters. The number of aryl methyl sites for hydroxylation is 3. The maximum Gasteiger partial charge on any atom is 0.226 e. The lowest BCUT2D eigenvalue weighted by molar-refractivity contribution is 0.573. The summed E-state index contributed by atoms with van der Waals surface area (Å²) < 4.78 is 5.44. The number of thiazole rings is 1. The van der Waals surface area contributed by atoms with Gasteiger partial charge in [-0.1, -0.05) is 6.07 Å². The number of nitrogens with zero attached hydrogens (tertiary/aromatic N) is 2. The molecule has 0 fully saturated rings. The van der Waals surface area contributed by atoms with E-state index in [0.29, 0.717) is 5.89 Å². The van der Waals surface area contributed by atoms with Crippen LogP contribution in [0.3, 0.4) is 0 Å². The smallest absolute Gasteiger partial charge is 0.226 e. The minimum absolute atomic E-state index is 0.650. The van der Waals surface area contributed by atoms with Crippen LogP contribution in [0.2, 0.25) is 0 Å². The van der Waals surface area contributed by atoms with Gasteiger partial charge in [0.2, 0.25) is 5.89 Å². The maximum atomic E-state index is 5.44. The molecule has 0 saturated heterocycles. The van der Waals surface area contributed by atoms with Gasteiger partial charge in [0.05, 0.1) is 17.9 Å². The number of benzene rings is 1. The number of aromatic nitrogens is 2. The average Bonchev–Trinajstić information content (AvgIpc) is 3.04. The van der Waals surface area contributed by atoms with Crippen molar-refractivity contribution in [3.8, 4) is 11.5 Å². The molecule has 0 amide bonds. The highest BCUT2D eigenvalue weighted by atomic mass is 32.1. The highest BCUT2D eigenvalue weighted by Crippen LogP contribution is 2.23. The third-order valence-electron chi connectivity index (χ3n) is 3.25. The molecule has 21 heavy (non-hydrogen) atoms. The van der Waals surface area contributed by atoms with Gasteiger partial charge in [0.25, 0.3) is 0 Å². The molecule has 0 atom stereocenters. The van der Waals surface area contributed by atoms with Crippen molar-refractivity contribution in [3.05, 3.63) is 51.8 Å². The summed E-state index contributed by atoms with van der Waals surface area (Å²) in [5, 5.41) is 4.50. The van der Waals surface area contributed by atoms with Crippen LogP contribution in [0.1, 0.15) is 21.3 Å². The van der Waals surface area contributed by atoms with Crippen LogP contribution in [0.4, 0.5) is 5.69 Å². The second-order valence-electron chi connectivity index (χ2n) is 4.98. The monoisotopic (exact) mass is 299 g/mol. The Morgan fingerprint density at radius 1 is 1.19 bits per heavy atom. The fourth-order valence-electron chi connectivity index (χ4n) is 2.04. The summed E-state index contributed by atoms with van der Waals surface area (Å²) >= 11 is 1.73. The average molecular weight is 299 g/mol. The second-order valence-corrected chi connectivity index (χ2v) is 6.27. The minimum Gasteiger partial charge on any atom is -0.444 e. The predicted octanol–water partition coefficient (Wildman–Crippen LogP) is 4.34. The Labute approximate surface area is 127 Å². The number of hydrogen-bond donors (Lipinski definition) is 1. The first kappa shape index (κ1) is 13.8. The summed E-state index contributed by atoms with van der Waals surface area (Å²) in [5.74, 6) is 0.650. The highest BCUT2D eigenvalue weighted by Gasteiger charge is 2.06. The van der Waals surface area contributed by atoms with Crippen molar-refractivity contribution >= 4 is 17.0 Å². The molecule has 0 saturated carbocycles. The molecule has 0 radical (unpaired) electrons. The van der Waals surface area contributed by atoms with E-state index in [1.807, 2.05) is 38.1 Å². The van der Waals surface area contributed by atoms with Crippen molar-refractivity contribution in [3.63, 3.8) is 0 Å². The summed E-state index contributed by atoms with van der Waals surface area (Å²) in [5.41, 5.74) is 4.01. The molecule has 2 heterocycles. The number of nitrogens with one attached hydrogen (secondary N) is 1. The molecule has 0 aliphatic heterocycles. The Hall–Kier alpha value is -2.14. The molecule has 3 aromatic rings. The number of anilines is 1. The van der Waals surface area contributed by atoms with Gasteiger partial charge in [-0.25, -0.2) is 9.97 Å². The summed E-state index contributed by atoms with van der Waals surface area (Å²) in [7, 11) is 0. The quantitative estimate of drug-likeness (QED) is 0.778. The molecule has 3 rings (SSSR count). The largest absolute Gasteiger partial charge is 0.444 e. The van der Waals surface area contributed by atoms with Gasteiger partial charge in [0, 0.05) is 16.1 Å². The lowest BCUT2D eigenvalue weighted by Gasteiger charge is -2.05. The minimum atomic E-state index is 0.650. The first-order valence-electron chi connectivity index (χ1n) is 6.81. The van der Waals surface area contributed by atoms with Crippen LogP contribution in [0.25, 0.3) is 11.5 Å².